The van der Waals surface area contributed by atoms with Crippen LogP contribution < -0.4 is 5.73 Å². The van der Waals surface area contributed by atoms with E-state index in [0.717, 1.165) is 21.7 Å². The van der Waals surface area contributed by atoms with Crippen LogP contribution in [0.5, 0.6) is 0 Å². The van der Waals surface area contributed by atoms with Crippen LogP contribution in [0.2, 0.25) is 5.02 Å². The molecule has 2 N–H and O–H groups in total. The summed E-state index contributed by atoms with van der Waals surface area (Å²) in [5, 5.41) is 1.86. The van der Waals surface area contributed by atoms with Gasteiger partial charge in [0.25, 0.3) is 0 Å². The lowest BCUT2D eigenvalue weighted by Crippen LogP contribution is -2.00. The monoisotopic (exact) mass is 238 g/mol. The first-order valence-electron chi connectivity index (χ1n) is 4.68. The Balaban J connectivity index is 2.46. The van der Waals surface area contributed by atoms with Gasteiger partial charge in [0.15, 0.2) is 0 Å². The SMILES string of the molecule is NCCSc1ccnc2cc(Cl)ccc12. The molecule has 0 aliphatic heterocycles. The molecule has 0 saturated carbocycles. The maximum absolute atomic E-state index is 5.91. The minimum Gasteiger partial charge on any atom is -0.330 e. The van der Waals surface area contributed by atoms with Gasteiger partial charge in [0, 0.05) is 33.8 Å². The second-order valence-corrected chi connectivity index (χ2v) is 4.68. The van der Waals surface area contributed by atoms with Crippen LogP contribution in [-0.2, 0) is 0 Å². The Morgan fingerprint density at radius 1 is 1.33 bits per heavy atom. The lowest BCUT2D eigenvalue weighted by atomic mass is 10.2. The number of benzene rings is 1. The Bertz CT molecular complexity index is 473. The Morgan fingerprint density at radius 2 is 2.20 bits per heavy atom. The summed E-state index contributed by atoms with van der Waals surface area (Å²) in [5.74, 6) is 0.918. The summed E-state index contributed by atoms with van der Waals surface area (Å²) in [4.78, 5) is 5.49. The number of fused-ring (bicyclic) bond motifs is 1. The molecule has 0 aliphatic carbocycles. The van der Waals surface area contributed by atoms with Gasteiger partial charge in [-0.1, -0.05) is 17.7 Å². The van der Waals surface area contributed by atoms with Gasteiger partial charge in [0.1, 0.15) is 0 Å². The average Bonchev–Trinajstić information content (AvgIpc) is 2.25. The van der Waals surface area contributed by atoms with E-state index in [1.165, 1.54) is 4.90 Å². The zero-order chi connectivity index (χ0) is 10.7. The number of nitrogens with zero attached hydrogens (tertiary/aromatic N) is 1. The van der Waals surface area contributed by atoms with Crippen molar-refractivity contribution in [3.63, 3.8) is 0 Å². The van der Waals surface area contributed by atoms with Crippen LogP contribution in [0.1, 0.15) is 0 Å². The van der Waals surface area contributed by atoms with Gasteiger partial charge in [0.2, 0.25) is 0 Å². The van der Waals surface area contributed by atoms with E-state index in [4.69, 9.17) is 17.3 Å². The van der Waals surface area contributed by atoms with Gasteiger partial charge in [-0.05, 0) is 18.2 Å². The summed E-state index contributed by atoms with van der Waals surface area (Å²) in [6.07, 6.45) is 1.80. The molecule has 0 unspecified atom stereocenters. The molecule has 2 rings (SSSR count). The van der Waals surface area contributed by atoms with Gasteiger partial charge in [-0.15, -0.1) is 11.8 Å². The van der Waals surface area contributed by atoms with Crippen LogP contribution >= 0.6 is 23.4 Å². The predicted octanol–water partition coefficient (Wildman–Crippen LogP) is 2.94. The minimum atomic E-state index is 0.683. The van der Waals surface area contributed by atoms with Crippen molar-refractivity contribution < 1.29 is 0 Å². The second kappa shape index (κ2) is 4.84. The van der Waals surface area contributed by atoms with Crippen LogP contribution in [0, 0.1) is 0 Å². The van der Waals surface area contributed by atoms with Crippen LogP contribution in [0.4, 0.5) is 0 Å². The highest BCUT2D eigenvalue weighted by molar-refractivity contribution is 7.99. The third kappa shape index (κ3) is 2.43. The van der Waals surface area contributed by atoms with Gasteiger partial charge in [-0.25, -0.2) is 0 Å². The van der Waals surface area contributed by atoms with Crippen molar-refractivity contribution in [3.05, 3.63) is 35.5 Å². The quantitative estimate of drug-likeness (QED) is 0.836. The van der Waals surface area contributed by atoms with Crippen LogP contribution in [0.25, 0.3) is 10.9 Å². The minimum absolute atomic E-state index is 0.683. The molecule has 1 aromatic carbocycles. The average molecular weight is 239 g/mol. The number of hydrogen-bond donors (Lipinski definition) is 1. The molecule has 15 heavy (non-hydrogen) atoms. The summed E-state index contributed by atoms with van der Waals surface area (Å²) in [7, 11) is 0. The van der Waals surface area contributed by atoms with Crippen molar-refractivity contribution in [2.24, 2.45) is 5.73 Å². The van der Waals surface area contributed by atoms with Gasteiger partial charge in [0.05, 0.1) is 5.52 Å². The fourth-order valence-electron chi connectivity index (χ4n) is 1.39. The Kier molecular flexibility index (Phi) is 3.46. The first kappa shape index (κ1) is 10.7. The highest BCUT2D eigenvalue weighted by Crippen LogP contribution is 2.27. The Morgan fingerprint density at radius 3 is 3.00 bits per heavy atom. The van der Waals surface area contributed by atoms with E-state index in [1.807, 2.05) is 24.3 Å². The van der Waals surface area contributed by atoms with E-state index in [2.05, 4.69) is 4.98 Å². The molecular formula is C11H11ClN2S. The molecule has 0 amide bonds. The number of aromatic nitrogens is 1. The molecule has 1 aromatic heterocycles. The molecule has 2 aromatic rings. The highest BCUT2D eigenvalue weighted by atomic mass is 35.5. The van der Waals surface area contributed by atoms with Gasteiger partial charge >= 0.3 is 0 Å². The molecule has 2 nitrogen and oxygen atoms in total. The lowest BCUT2D eigenvalue weighted by molar-refractivity contribution is 1.15. The Hall–Kier alpha value is -0.770. The van der Waals surface area contributed by atoms with Crippen molar-refractivity contribution in [1.29, 1.82) is 0 Å². The van der Waals surface area contributed by atoms with Crippen LogP contribution in [0.3, 0.4) is 0 Å². The van der Waals surface area contributed by atoms with Crippen LogP contribution in [0.15, 0.2) is 35.4 Å². The molecular weight excluding hydrogens is 228 g/mol. The van der Waals surface area contributed by atoms with Crippen molar-refractivity contribution >= 4 is 34.3 Å². The molecule has 0 aliphatic rings. The third-order valence-corrected chi connectivity index (χ3v) is 3.38. The van der Waals surface area contributed by atoms with E-state index >= 15 is 0 Å². The van der Waals surface area contributed by atoms with E-state index in [9.17, 15) is 0 Å². The smallest absolute Gasteiger partial charge is 0.0728 e. The van der Waals surface area contributed by atoms with Crippen LogP contribution in [-0.4, -0.2) is 17.3 Å². The summed E-state index contributed by atoms with van der Waals surface area (Å²) < 4.78 is 0. The fraction of sp³-hybridized carbons (Fsp3) is 0.182. The van der Waals surface area contributed by atoms with Gasteiger partial charge in [-0.3, -0.25) is 4.98 Å². The maximum Gasteiger partial charge on any atom is 0.0728 e. The molecule has 0 radical (unpaired) electrons. The van der Waals surface area contributed by atoms with Crippen molar-refractivity contribution in [3.8, 4) is 0 Å². The fourth-order valence-corrected chi connectivity index (χ4v) is 2.38. The number of rotatable bonds is 3. The standard InChI is InChI=1S/C11H11ClN2S/c12-8-1-2-9-10(7-8)14-5-3-11(9)15-6-4-13/h1-3,5,7H,4,6,13H2. The number of halogens is 1. The number of nitrogens with two attached hydrogens (primary N) is 1. The van der Waals surface area contributed by atoms with Crippen molar-refractivity contribution in [1.82, 2.24) is 4.98 Å². The van der Waals surface area contributed by atoms with E-state index in [1.54, 1.807) is 18.0 Å². The molecule has 4 heteroatoms. The topological polar surface area (TPSA) is 38.9 Å². The molecule has 1 heterocycles. The second-order valence-electron chi connectivity index (χ2n) is 3.11. The zero-order valence-corrected chi connectivity index (χ0v) is 9.68. The van der Waals surface area contributed by atoms with Gasteiger partial charge in [-0.2, -0.15) is 0 Å². The van der Waals surface area contributed by atoms with Gasteiger partial charge < -0.3 is 5.73 Å². The molecule has 0 bridgehead atoms. The molecule has 0 atom stereocenters. The number of hydrogen-bond acceptors (Lipinski definition) is 3. The molecule has 78 valence electrons. The summed E-state index contributed by atoms with van der Waals surface area (Å²) in [5.41, 5.74) is 6.42. The van der Waals surface area contributed by atoms with Crippen molar-refractivity contribution in [2.45, 2.75) is 4.90 Å². The number of thioether (sulfide) groups is 1. The first-order chi connectivity index (χ1) is 7.31. The molecule has 0 saturated heterocycles. The summed E-state index contributed by atoms with van der Waals surface area (Å²) in [6, 6.07) is 7.78. The predicted molar refractivity (Wildman–Crippen MR) is 66.5 cm³/mol. The third-order valence-electron chi connectivity index (χ3n) is 2.04. The largest absolute Gasteiger partial charge is 0.330 e. The van der Waals surface area contributed by atoms with Crippen molar-refractivity contribution in [2.75, 3.05) is 12.3 Å². The van der Waals surface area contributed by atoms with E-state index < -0.39 is 0 Å². The Labute approximate surface area is 97.8 Å². The van der Waals surface area contributed by atoms with E-state index in [0.29, 0.717) is 6.54 Å². The first-order valence-corrected chi connectivity index (χ1v) is 6.05. The van der Waals surface area contributed by atoms with E-state index in [-0.39, 0.29) is 0 Å². The summed E-state index contributed by atoms with van der Waals surface area (Å²) >= 11 is 7.66. The summed E-state index contributed by atoms with van der Waals surface area (Å²) in [6.45, 7) is 0.683. The lowest BCUT2D eigenvalue weighted by Gasteiger charge is -2.04. The maximum atomic E-state index is 5.91. The normalized spacial score (nSPS) is 10.8. The molecule has 0 spiro atoms. The highest BCUT2D eigenvalue weighted by Gasteiger charge is 2.02. The molecule has 0 fully saturated rings. The zero-order valence-electron chi connectivity index (χ0n) is 8.11. The number of pyridine rings is 1.